The lowest BCUT2D eigenvalue weighted by Gasteiger charge is -2.28. The van der Waals surface area contributed by atoms with Gasteiger partial charge in [-0.25, -0.2) is 4.39 Å². The summed E-state index contributed by atoms with van der Waals surface area (Å²) in [4.78, 5) is 14.0. The summed E-state index contributed by atoms with van der Waals surface area (Å²) >= 11 is 0. The van der Waals surface area contributed by atoms with Crippen LogP contribution < -0.4 is 10.1 Å². The number of carbonyl (C=O) groups is 1. The highest BCUT2D eigenvalue weighted by atomic mass is 19.1. The molecule has 1 aromatic rings. The van der Waals surface area contributed by atoms with Gasteiger partial charge in [-0.05, 0) is 51.0 Å². The fourth-order valence-electron chi connectivity index (χ4n) is 2.28. The Kier molecular flexibility index (Phi) is 5.35. The third kappa shape index (κ3) is 4.49. The predicted molar refractivity (Wildman–Crippen MR) is 75.1 cm³/mol. The van der Waals surface area contributed by atoms with Crippen molar-refractivity contribution >= 4 is 5.91 Å². The van der Waals surface area contributed by atoms with E-state index in [0.717, 1.165) is 25.9 Å². The van der Waals surface area contributed by atoms with Gasteiger partial charge in [-0.3, -0.25) is 4.79 Å². The highest BCUT2D eigenvalue weighted by Gasteiger charge is 2.17. The van der Waals surface area contributed by atoms with Gasteiger partial charge in [0, 0.05) is 6.54 Å². The van der Waals surface area contributed by atoms with E-state index in [9.17, 15) is 9.18 Å². The minimum absolute atomic E-state index is 0.113. The molecule has 1 saturated heterocycles. The number of likely N-dealkylation sites (tertiary alicyclic amines) is 1. The first-order chi connectivity index (χ1) is 9.65. The van der Waals surface area contributed by atoms with Crippen LogP contribution in [0.1, 0.15) is 12.8 Å². The zero-order valence-electron chi connectivity index (χ0n) is 11.8. The molecule has 0 aromatic heterocycles. The second kappa shape index (κ2) is 7.24. The van der Waals surface area contributed by atoms with Crippen LogP contribution in [0.25, 0.3) is 0 Å². The van der Waals surface area contributed by atoms with Crippen molar-refractivity contribution in [3.63, 3.8) is 0 Å². The summed E-state index contributed by atoms with van der Waals surface area (Å²) in [7, 11) is 2.11. The van der Waals surface area contributed by atoms with Crippen molar-refractivity contribution < 1.29 is 13.9 Å². The lowest BCUT2D eigenvalue weighted by atomic mass is 9.97. The lowest BCUT2D eigenvalue weighted by Crippen LogP contribution is -2.38. The van der Waals surface area contributed by atoms with E-state index in [1.165, 1.54) is 12.1 Å². The van der Waals surface area contributed by atoms with Crippen molar-refractivity contribution in [3.05, 3.63) is 30.1 Å². The van der Waals surface area contributed by atoms with Gasteiger partial charge in [0.2, 0.25) is 0 Å². The minimum Gasteiger partial charge on any atom is -0.481 e. The van der Waals surface area contributed by atoms with E-state index in [1.54, 1.807) is 12.1 Å². The third-order valence-electron chi connectivity index (χ3n) is 3.62. The number of hydrogen-bond donors (Lipinski definition) is 1. The van der Waals surface area contributed by atoms with Crippen LogP contribution in [0.15, 0.2) is 24.3 Å². The average molecular weight is 280 g/mol. The maximum atomic E-state index is 13.3. The molecule has 1 amide bonds. The Balaban J connectivity index is 1.67. The normalized spacial score (nSPS) is 16.9. The number of ether oxygens (including phenoxy) is 1. The average Bonchev–Trinajstić information content (AvgIpc) is 2.46. The van der Waals surface area contributed by atoms with Crippen molar-refractivity contribution in [2.75, 3.05) is 33.3 Å². The van der Waals surface area contributed by atoms with Crippen molar-refractivity contribution in [3.8, 4) is 5.75 Å². The molecule has 0 spiro atoms. The zero-order chi connectivity index (χ0) is 14.4. The van der Waals surface area contributed by atoms with Gasteiger partial charge in [-0.15, -0.1) is 0 Å². The van der Waals surface area contributed by atoms with E-state index in [0.29, 0.717) is 12.5 Å². The molecule has 1 aromatic carbocycles. The molecule has 1 N–H and O–H groups in total. The Morgan fingerprint density at radius 3 is 2.80 bits per heavy atom. The van der Waals surface area contributed by atoms with E-state index in [-0.39, 0.29) is 18.3 Å². The number of hydrogen-bond acceptors (Lipinski definition) is 3. The molecule has 4 nitrogen and oxygen atoms in total. The summed E-state index contributed by atoms with van der Waals surface area (Å²) in [5.41, 5.74) is 0. The van der Waals surface area contributed by atoms with Crippen molar-refractivity contribution in [2.24, 2.45) is 5.92 Å². The quantitative estimate of drug-likeness (QED) is 0.892. The molecule has 110 valence electrons. The molecule has 2 rings (SSSR count). The van der Waals surface area contributed by atoms with Crippen LogP contribution in [0, 0.1) is 11.7 Å². The number of piperidine rings is 1. The number of amides is 1. The molecule has 0 atom stereocenters. The summed E-state index contributed by atoms with van der Waals surface area (Å²) in [5.74, 6) is -0.00616. The van der Waals surface area contributed by atoms with Crippen LogP contribution in [-0.4, -0.2) is 44.1 Å². The maximum Gasteiger partial charge on any atom is 0.257 e. The summed E-state index contributed by atoms with van der Waals surface area (Å²) in [5, 5.41) is 2.85. The van der Waals surface area contributed by atoms with E-state index in [2.05, 4.69) is 17.3 Å². The monoisotopic (exact) mass is 280 g/mol. The first-order valence-corrected chi connectivity index (χ1v) is 6.97. The smallest absolute Gasteiger partial charge is 0.257 e. The summed E-state index contributed by atoms with van der Waals surface area (Å²) in [6, 6.07) is 6.09. The summed E-state index contributed by atoms with van der Waals surface area (Å²) in [6.07, 6.45) is 2.20. The Morgan fingerprint density at radius 1 is 1.40 bits per heavy atom. The van der Waals surface area contributed by atoms with Gasteiger partial charge < -0.3 is 15.0 Å². The van der Waals surface area contributed by atoms with E-state index in [4.69, 9.17) is 4.74 Å². The molecule has 0 unspecified atom stereocenters. The largest absolute Gasteiger partial charge is 0.481 e. The number of nitrogens with zero attached hydrogens (tertiary/aromatic N) is 1. The summed E-state index contributed by atoms with van der Waals surface area (Å²) < 4.78 is 18.5. The Morgan fingerprint density at radius 2 is 2.10 bits per heavy atom. The fourth-order valence-corrected chi connectivity index (χ4v) is 2.28. The minimum atomic E-state index is -0.449. The number of carbonyl (C=O) groups excluding carboxylic acids is 1. The lowest BCUT2D eigenvalue weighted by molar-refractivity contribution is -0.123. The third-order valence-corrected chi connectivity index (χ3v) is 3.62. The molecular formula is C15H21FN2O2. The number of benzene rings is 1. The molecule has 0 saturated carbocycles. The van der Waals surface area contributed by atoms with Gasteiger partial charge in [0.05, 0.1) is 0 Å². The van der Waals surface area contributed by atoms with Crippen LogP contribution in [0.3, 0.4) is 0 Å². The second-order valence-corrected chi connectivity index (χ2v) is 5.27. The summed E-state index contributed by atoms with van der Waals surface area (Å²) in [6.45, 7) is 2.68. The molecule has 0 radical (unpaired) electrons. The fraction of sp³-hybridized carbons (Fsp3) is 0.533. The first-order valence-electron chi connectivity index (χ1n) is 6.97. The Bertz CT molecular complexity index is 445. The van der Waals surface area contributed by atoms with Crippen molar-refractivity contribution in [1.82, 2.24) is 10.2 Å². The Hall–Kier alpha value is -1.62. The molecule has 1 fully saturated rings. The highest BCUT2D eigenvalue weighted by molar-refractivity contribution is 5.77. The standard InChI is InChI=1S/C15H21FN2O2/c1-18-8-6-12(7-9-18)10-17-15(19)11-20-14-5-3-2-4-13(14)16/h2-5,12H,6-11H2,1H3,(H,17,19). The molecular weight excluding hydrogens is 259 g/mol. The van der Waals surface area contributed by atoms with Crippen molar-refractivity contribution in [2.45, 2.75) is 12.8 Å². The number of rotatable bonds is 5. The van der Waals surface area contributed by atoms with Crippen LogP contribution >= 0.6 is 0 Å². The van der Waals surface area contributed by atoms with Gasteiger partial charge in [0.15, 0.2) is 18.2 Å². The number of para-hydroxylation sites is 1. The first kappa shape index (κ1) is 14.8. The van der Waals surface area contributed by atoms with E-state index < -0.39 is 5.82 Å². The topological polar surface area (TPSA) is 41.6 Å². The van der Waals surface area contributed by atoms with Crippen molar-refractivity contribution in [1.29, 1.82) is 0 Å². The predicted octanol–water partition coefficient (Wildman–Crippen LogP) is 1.66. The SMILES string of the molecule is CN1CCC(CNC(=O)COc2ccccc2F)CC1. The molecule has 0 bridgehead atoms. The molecule has 20 heavy (non-hydrogen) atoms. The maximum absolute atomic E-state index is 13.3. The van der Waals surface area contributed by atoms with Crippen LogP contribution in [0.2, 0.25) is 0 Å². The molecule has 1 aliphatic rings. The van der Waals surface area contributed by atoms with Crippen LogP contribution in [-0.2, 0) is 4.79 Å². The molecule has 1 aliphatic heterocycles. The van der Waals surface area contributed by atoms with E-state index >= 15 is 0 Å². The van der Waals surface area contributed by atoms with Gasteiger partial charge >= 0.3 is 0 Å². The van der Waals surface area contributed by atoms with Gasteiger partial charge in [-0.2, -0.15) is 0 Å². The molecule has 1 heterocycles. The molecule has 0 aliphatic carbocycles. The Labute approximate surface area is 118 Å². The number of halogens is 1. The van der Waals surface area contributed by atoms with Gasteiger partial charge in [-0.1, -0.05) is 12.1 Å². The van der Waals surface area contributed by atoms with Crippen LogP contribution in [0.5, 0.6) is 5.75 Å². The van der Waals surface area contributed by atoms with E-state index in [1.807, 2.05) is 0 Å². The highest BCUT2D eigenvalue weighted by Crippen LogP contribution is 2.16. The number of nitrogens with one attached hydrogen (secondary N) is 1. The zero-order valence-corrected chi connectivity index (χ0v) is 11.8. The van der Waals surface area contributed by atoms with Gasteiger partial charge in [0.25, 0.3) is 5.91 Å². The molecule has 5 heteroatoms. The van der Waals surface area contributed by atoms with Crippen LogP contribution in [0.4, 0.5) is 4.39 Å². The van der Waals surface area contributed by atoms with Gasteiger partial charge in [0.1, 0.15) is 0 Å². The second-order valence-electron chi connectivity index (χ2n) is 5.27.